The predicted octanol–water partition coefficient (Wildman–Crippen LogP) is 3.07. The maximum absolute atomic E-state index is 12.3. The molecule has 3 aromatic rings. The second-order valence-electron chi connectivity index (χ2n) is 6.28. The van der Waals surface area contributed by atoms with E-state index < -0.39 is 0 Å². The molecule has 4 rings (SSSR count). The van der Waals surface area contributed by atoms with E-state index in [-0.39, 0.29) is 24.0 Å². The van der Waals surface area contributed by atoms with Crippen LogP contribution in [0.15, 0.2) is 48.8 Å². The normalized spacial score (nSPS) is 15.8. The molecule has 2 aromatic carbocycles. The Balaban J connectivity index is 1.76. The van der Waals surface area contributed by atoms with Crippen molar-refractivity contribution in [3.8, 4) is 22.9 Å². The summed E-state index contributed by atoms with van der Waals surface area (Å²) in [6.07, 6.45) is 1.95. The van der Waals surface area contributed by atoms with Gasteiger partial charge in [-0.1, -0.05) is 6.07 Å². The Morgan fingerprint density at radius 2 is 1.93 bits per heavy atom. The number of aromatic nitrogens is 2. The van der Waals surface area contributed by atoms with Gasteiger partial charge in [0, 0.05) is 18.0 Å². The number of hydrogen-bond acceptors (Lipinski definition) is 5. The quantitative estimate of drug-likeness (QED) is 0.742. The Morgan fingerprint density at radius 3 is 2.59 bits per heavy atom. The molecular formula is C20H19N3O4. The van der Waals surface area contributed by atoms with Crippen LogP contribution in [0.1, 0.15) is 23.6 Å². The first kappa shape index (κ1) is 17.0. The zero-order valence-corrected chi connectivity index (χ0v) is 15.0. The molecule has 1 atom stereocenters. The number of carbonyl (C=O) groups excluding carboxylic acids is 1. The van der Waals surface area contributed by atoms with Gasteiger partial charge in [-0.05, 0) is 42.0 Å². The summed E-state index contributed by atoms with van der Waals surface area (Å²) in [7, 11) is 3.11. The van der Waals surface area contributed by atoms with E-state index in [1.165, 1.54) is 7.11 Å². The van der Waals surface area contributed by atoms with E-state index in [2.05, 4.69) is 10.3 Å². The molecule has 1 aromatic heterocycles. The van der Waals surface area contributed by atoms with E-state index in [4.69, 9.17) is 9.47 Å². The second kappa shape index (κ2) is 6.68. The van der Waals surface area contributed by atoms with Crippen LogP contribution >= 0.6 is 0 Å². The number of rotatable bonds is 4. The SMILES string of the molecule is COc1ccc(-n2cnc3c2NC(=O)CC3c2ccc(OC)c(O)c2)cc1. The lowest BCUT2D eigenvalue weighted by Crippen LogP contribution is -2.24. The van der Waals surface area contributed by atoms with Crippen LogP contribution in [-0.2, 0) is 4.79 Å². The first-order valence-electron chi connectivity index (χ1n) is 8.49. The summed E-state index contributed by atoms with van der Waals surface area (Å²) >= 11 is 0. The largest absolute Gasteiger partial charge is 0.504 e. The molecule has 2 heterocycles. The topological polar surface area (TPSA) is 85.6 Å². The fraction of sp³-hybridized carbons (Fsp3) is 0.200. The molecule has 0 radical (unpaired) electrons. The van der Waals surface area contributed by atoms with Crippen molar-refractivity contribution >= 4 is 11.7 Å². The third-order valence-electron chi connectivity index (χ3n) is 4.73. The highest BCUT2D eigenvalue weighted by Gasteiger charge is 2.31. The fourth-order valence-corrected chi connectivity index (χ4v) is 3.34. The molecule has 0 fully saturated rings. The molecular weight excluding hydrogens is 346 g/mol. The summed E-state index contributed by atoms with van der Waals surface area (Å²) in [6.45, 7) is 0. The van der Waals surface area contributed by atoms with Crippen molar-refractivity contribution in [1.82, 2.24) is 9.55 Å². The van der Waals surface area contributed by atoms with E-state index >= 15 is 0 Å². The molecule has 1 amide bonds. The summed E-state index contributed by atoms with van der Waals surface area (Å²) < 4.78 is 12.1. The van der Waals surface area contributed by atoms with Crippen LogP contribution in [0, 0.1) is 0 Å². The highest BCUT2D eigenvalue weighted by molar-refractivity contribution is 5.94. The summed E-state index contributed by atoms with van der Waals surface area (Å²) in [5.41, 5.74) is 2.43. The summed E-state index contributed by atoms with van der Waals surface area (Å²) in [5.74, 6) is 1.48. The van der Waals surface area contributed by atoms with Crippen LogP contribution in [0.5, 0.6) is 17.2 Å². The van der Waals surface area contributed by atoms with Gasteiger partial charge in [-0.25, -0.2) is 4.98 Å². The molecule has 2 N–H and O–H groups in total. The number of imidazole rings is 1. The minimum absolute atomic E-state index is 0.0390. The van der Waals surface area contributed by atoms with Crippen LogP contribution in [0.25, 0.3) is 5.69 Å². The predicted molar refractivity (Wildman–Crippen MR) is 99.9 cm³/mol. The molecule has 0 aliphatic carbocycles. The Bertz CT molecular complexity index is 995. The summed E-state index contributed by atoms with van der Waals surface area (Å²) in [6, 6.07) is 12.7. The van der Waals surface area contributed by atoms with Crippen LogP contribution in [-0.4, -0.2) is 34.8 Å². The summed E-state index contributed by atoms with van der Waals surface area (Å²) in [5, 5.41) is 13.0. The van der Waals surface area contributed by atoms with E-state index in [1.807, 2.05) is 34.9 Å². The molecule has 27 heavy (non-hydrogen) atoms. The lowest BCUT2D eigenvalue weighted by Gasteiger charge is -2.23. The van der Waals surface area contributed by atoms with Crippen LogP contribution in [0.2, 0.25) is 0 Å². The number of methoxy groups -OCH3 is 2. The maximum Gasteiger partial charge on any atom is 0.226 e. The van der Waals surface area contributed by atoms with E-state index in [0.29, 0.717) is 11.6 Å². The number of nitrogens with one attached hydrogen (secondary N) is 1. The van der Waals surface area contributed by atoms with Gasteiger partial charge in [-0.2, -0.15) is 0 Å². The Labute approximate surface area is 156 Å². The Hall–Kier alpha value is -3.48. The monoisotopic (exact) mass is 365 g/mol. The first-order chi connectivity index (χ1) is 13.1. The van der Waals surface area contributed by atoms with E-state index in [0.717, 1.165) is 22.7 Å². The number of ether oxygens (including phenoxy) is 2. The lowest BCUT2D eigenvalue weighted by molar-refractivity contribution is -0.116. The third kappa shape index (κ3) is 2.97. The lowest BCUT2D eigenvalue weighted by atomic mass is 9.89. The number of hydrogen-bond donors (Lipinski definition) is 2. The fourth-order valence-electron chi connectivity index (χ4n) is 3.34. The molecule has 0 saturated heterocycles. The molecule has 1 aliphatic rings. The van der Waals surface area contributed by atoms with Gasteiger partial charge < -0.3 is 19.9 Å². The smallest absolute Gasteiger partial charge is 0.226 e. The number of nitrogens with zero attached hydrogens (tertiary/aromatic N) is 2. The molecule has 7 heteroatoms. The zero-order chi connectivity index (χ0) is 19.0. The van der Waals surface area contributed by atoms with Crippen molar-refractivity contribution in [1.29, 1.82) is 0 Å². The average molecular weight is 365 g/mol. The number of aromatic hydroxyl groups is 1. The van der Waals surface area contributed by atoms with Crippen molar-refractivity contribution < 1.29 is 19.4 Å². The van der Waals surface area contributed by atoms with Gasteiger partial charge in [0.05, 0.1) is 19.9 Å². The van der Waals surface area contributed by atoms with Crippen LogP contribution in [0.4, 0.5) is 5.82 Å². The number of anilines is 1. The number of fused-ring (bicyclic) bond motifs is 1. The van der Waals surface area contributed by atoms with Crippen molar-refractivity contribution in [3.05, 3.63) is 60.0 Å². The van der Waals surface area contributed by atoms with Crippen LogP contribution < -0.4 is 14.8 Å². The summed E-state index contributed by atoms with van der Waals surface area (Å²) in [4.78, 5) is 16.9. The van der Waals surface area contributed by atoms with E-state index in [1.54, 1.807) is 25.6 Å². The number of phenols is 1. The zero-order valence-electron chi connectivity index (χ0n) is 15.0. The maximum atomic E-state index is 12.3. The second-order valence-corrected chi connectivity index (χ2v) is 6.28. The number of amides is 1. The molecule has 0 saturated carbocycles. The molecule has 0 spiro atoms. The third-order valence-corrected chi connectivity index (χ3v) is 4.73. The van der Waals surface area contributed by atoms with Gasteiger partial charge in [0.25, 0.3) is 0 Å². The average Bonchev–Trinajstić information content (AvgIpc) is 3.11. The Kier molecular flexibility index (Phi) is 4.19. The van der Waals surface area contributed by atoms with Gasteiger partial charge in [0.1, 0.15) is 17.9 Å². The molecule has 0 bridgehead atoms. The van der Waals surface area contributed by atoms with Crippen molar-refractivity contribution in [2.24, 2.45) is 0 Å². The highest BCUT2D eigenvalue weighted by atomic mass is 16.5. The van der Waals surface area contributed by atoms with Gasteiger partial charge >= 0.3 is 0 Å². The molecule has 7 nitrogen and oxygen atoms in total. The number of carbonyl (C=O) groups is 1. The molecule has 1 aliphatic heterocycles. The van der Waals surface area contributed by atoms with Gasteiger partial charge in [-0.15, -0.1) is 0 Å². The van der Waals surface area contributed by atoms with Gasteiger partial charge in [0.2, 0.25) is 5.91 Å². The number of phenolic OH excluding ortho intramolecular Hbond substituents is 1. The first-order valence-corrected chi connectivity index (χ1v) is 8.49. The highest BCUT2D eigenvalue weighted by Crippen LogP contribution is 2.39. The van der Waals surface area contributed by atoms with Crippen molar-refractivity contribution in [2.45, 2.75) is 12.3 Å². The Morgan fingerprint density at radius 1 is 1.15 bits per heavy atom. The number of benzene rings is 2. The van der Waals surface area contributed by atoms with Crippen molar-refractivity contribution in [2.75, 3.05) is 19.5 Å². The van der Waals surface area contributed by atoms with Gasteiger partial charge in [0.15, 0.2) is 11.5 Å². The van der Waals surface area contributed by atoms with E-state index in [9.17, 15) is 9.90 Å². The molecule has 138 valence electrons. The molecule has 1 unspecified atom stereocenters. The standard InChI is InChI=1S/C20H19N3O4/c1-26-14-6-4-13(5-7-14)23-11-21-19-15(10-18(25)22-20(19)23)12-3-8-17(27-2)16(24)9-12/h3-9,11,15,24H,10H2,1-2H3,(H,22,25). The van der Waals surface area contributed by atoms with Crippen LogP contribution in [0.3, 0.4) is 0 Å². The van der Waals surface area contributed by atoms with Crippen molar-refractivity contribution in [3.63, 3.8) is 0 Å². The van der Waals surface area contributed by atoms with Gasteiger partial charge in [-0.3, -0.25) is 9.36 Å². The minimum Gasteiger partial charge on any atom is -0.504 e. The minimum atomic E-state index is -0.245.